The van der Waals surface area contributed by atoms with E-state index in [0.29, 0.717) is 0 Å². The molecule has 0 bridgehead atoms. The molecule has 2 aromatic heterocycles. The molecule has 2 aliphatic rings. The monoisotopic (exact) mass is 1270 g/mol. The van der Waals surface area contributed by atoms with Crippen molar-refractivity contribution in [2.75, 3.05) is 0 Å². The Morgan fingerprint density at radius 2 is 0.670 bits per heavy atom. The quantitative estimate of drug-likeness (QED) is 0.155. The van der Waals surface area contributed by atoms with Crippen molar-refractivity contribution in [3.05, 3.63) is 337 Å². The number of benzene rings is 18. The van der Waals surface area contributed by atoms with Gasteiger partial charge < -0.3 is 8.83 Å². The topological polar surface area (TPSA) is 26.3 Å². The summed E-state index contributed by atoms with van der Waals surface area (Å²) < 4.78 is 14.1. The second-order valence-electron chi connectivity index (χ2n) is 28.9. The Morgan fingerprint density at radius 3 is 1.27 bits per heavy atom. The second-order valence-corrected chi connectivity index (χ2v) is 28.9. The van der Waals surface area contributed by atoms with Crippen LogP contribution in [0, 0.1) is 0 Å². The Labute approximate surface area is 577 Å². The van der Waals surface area contributed by atoms with Gasteiger partial charge in [0, 0.05) is 43.1 Å². The van der Waals surface area contributed by atoms with Crippen molar-refractivity contribution in [1.29, 1.82) is 0 Å². The van der Waals surface area contributed by atoms with Gasteiger partial charge >= 0.3 is 0 Å². The number of para-hydroxylation sites is 2. The number of fused-ring (bicyclic) bond motifs is 25. The maximum absolute atomic E-state index is 7.30. The Kier molecular flexibility index (Phi) is 11.4. The van der Waals surface area contributed by atoms with E-state index in [1.807, 2.05) is 0 Å². The molecule has 2 heteroatoms. The molecule has 1 unspecified atom stereocenters. The average Bonchev–Trinajstić information content (AvgIpc) is 1.54. The van der Waals surface area contributed by atoms with Crippen LogP contribution in [-0.4, -0.2) is 0 Å². The Balaban J connectivity index is 0.760. The molecule has 100 heavy (non-hydrogen) atoms. The lowest BCUT2D eigenvalue weighted by atomic mass is 9.74. The van der Waals surface area contributed by atoms with E-state index >= 15 is 0 Å². The summed E-state index contributed by atoms with van der Waals surface area (Å²) in [5, 5.41) is 24.3. The SMILES string of the molecule is CC1(C)c2ccc(-c3c4ccccc4c(-c4cccc5ccccc45)c4ccccc34)cc2-c2c1c1c3ccccc3oc1c1cc(CC3(C)c4cc(-c5c6ccccc6c(-c6cccc7ccccc67)c6ccccc56)ccc4-c4c3ccc3c4ccc4c5ccccc5oc34)ccc21. The van der Waals surface area contributed by atoms with Gasteiger partial charge in [-0.25, -0.2) is 0 Å². The maximum atomic E-state index is 7.30. The first-order valence-electron chi connectivity index (χ1n) is 35.2. The van der Waals surface area contributed by atoms with Crippen LogP contribution in [-0.2, 0) is 17.3 Å². The Bertz CT molecular complexity index is 6920. The van der Waals surface area contributed by atoms with Gasteiger partial charge in [0.2, 0.25) is 0 Å². The summed E-state index contributed by atoms with van der Waals surface area (Å²) in [7, 11) is 0. The summed E-state index contributed by atoms with van der Waals surface area (Å²) in [6.07, 6.45) is 0.742. The molecule has 0 saturated carbocycles. The average molecular weight is 1270 g/mol. The van der Waals surface area contributed by atoms with Gasteiger partial charge in [-0.05, 0) is 213 Å². The third kappa shape index (κ3) is 7.52. The van der Waals surface area contributed by atoms with Gasteiger partial charge in [-0.15, -0.1) is 0 Å². The van der Waals surface area contributed by atoms with Gasteiger partial charge in [0.15, 0.2) is 0 Å². The van der Waals surface area contributed by atoms with Crippen LogP contribution in [0.4, 0.5) is 0 Å². The van der Waals surface area contributed by atoms with E-state index in [0.717, 1.165) is 55.7 Å². The minimum atomic E-state index is -0.484. The fourth-order valence-electron chi connectivity index (χ4n) is 19.1. The summed E-state index contributed by atoms with van der Waals surface area (Å²) in [4.78, 5) is 0. The molecule has 466 valence electrons. The van der Waals surface area contributed by atoms with Crippen LogP contribution < -0.4 is 0 Å². The van der Waals surface area contributed by atoms with Gasteiger partial charge in [-0.3, -0.25) is 0 Å². The Hall–Kier alpha value is -12.4. The minimum absolute atomic E-state index is 0.352. The van der Waals surface area contributed by atoms with Gasteiger partial charge in [-0.1, -0.05) is 294 Å². The molecule has 0 saturated heterocycles. The van der Waals surface area contributed by atoms with E-state index in [-0.39, 0.29) is 5.41 Å². The van der Waals surface area contributed by atoms with Gasteiger partial charge in [0.05, 0.1) is 0 Å². The number of rotatable bonds is 6. The largest absolute Gasteiger partial charge is 0.455 e. The third-order valence-corrected chi connectivity index (χ3v) is 23.4. The highest BCUT2D eigenvalue weighted by molar-refractivity contribution is 6.28. The van der Waals surface area contributed by atoms with Gasteiger partial charge in [-0.2, -0.15) is 0 Å². The predicted molar refractivity (Wildman–Crippen MR) is 422 cm³/mol. The first kappa shape index (κ1) is 55.7. The number of hydrogen-bond donors (Lipinski definition) is 0. The smallest absolute Gasteiger partial charge is 0.143 e. The molecular formula is C98H62O2. The molecule has 0 radical (unpaired) electrons. The van der Waals surface area contributed by atoms with E-state index in [9.17, 15) is 0 Å². The van der Waals surface area contributed by atoms with Crippen molar-refractivity contribution >= 4 is 130 Å². The van der Waals surface area contributed by atoms with Crippen LogP contribution in [0.2, 0.25) is 0 Å². The Morgan fingerprint density at radius 1 is 0.250 bits per heavy atom. The molecule has 0 N–H and O–H groups in total. The summed E-state index contributed by atoms with van der Waals surface area (Å²) in [5.74, 6) is 0. The normalized spacial score (nSPS) is 14.7. The number of furan rings is 2. The fourth-order valence-corrected chi connectivity index (χ4v) is 19.1. The van der Waals surface area contributed by atoms with E-state index < -0.39 is 5.41 Å². The first-order chi connectivity index (χ1) is 49.2. The zero-order valence-corrected chi connectivity index (χ0v) is 55.5. The van der Waals surface area contributed by atoms with Crippen molar-refractivity contribution in [2.45, 2.75) is 38.0 Å². The molecule has 0 fully saturated rings. The molecule has 1 atom stereocenters. The van der Waals surface area contributed by atoms with Crippen LogP contribution in [0.3, 0.4) is 0 Å². The fraction of sp³-hybridized carbons (Fsp3) is 0.0612. The van der Waals surface area contributed by atoms with Crippen LogP contribution in [0.5, 0.6) is 0 Å². The van der Waals surface area contributed by atoms with Crippen molar-refractivity contribution in [1.82, 2.24) is 0 Å². The van der Waals surface area contributed by atoms with E-state index in [1.54, 1.807) is 0 Å². The van der Waals surface area contributed by atoms with Crippen molar-refractivity contribution in [3.63, 3.8) is 0 Å². The third-order valence-electron chi connectivity index (χ3n) is 23.4. The van der Waals surface area contributed by atoms with Crippen LogP contribution in [0.1, 0.15) is 48.6 Å². The molecule has 2 nitrogen and oxygen atoms in total. The lowest BCUT2D eigenvalue weighted by Gasteiger charge is -2.29. The van der Waals surface area contributed by atoms with E-state index in [4.69, 9.17) is 8.83 Å². The first-order valence-corrected chi connectivity index (χ1v) is 35.2. The predicted octanol–water partition coefficient (Wildman–Crippen LogP) is 27.2. The van der Waals surface area contributed by atoms with Crippen LogP contribution in [0.15, 0.2) is 318 Å². The molecule has 22 rings (SSSR count). The molecule has 2 heterocycles. The molecule has 18 aromatic carbocycles. The summed E-state index contributed by atoms with van der Waals surface area (Å²) in [5.41, 5.74) is 24.5. The summed E-state index contributed by atoms with van der Waals surface area (Å²) in [6.45, 7) is 7.37. The summed E-state index contributed by atoms with van der Waals surface area (Å²) in [6, 6.07) is 116. The summed E-state index contributed by atoms with van der Waals surface area (Å²) >= 11 is 0. The van der Waals surface area contributed by atoms with E-state index in [1.165, 1.54) is 175 Å². The highest BCUT2D eigenvalue weighted by Crippen LogP contribution is 2.60. The highest BCUT2D eigenvalue weighted by atomic mass is 16.3. The standard InChI is InChI=1S/C98H62O2/c1-97(2)82-50-44-59(87-66-29-8-12-33-70(66)89(71-34-13-9-30-67(71)87)64-38-20-24-57-22-4-6-26-61(57)64)53-81(82)92-75-45-42-56(52-80(75)96-93(94(92)97)79-37-17-19-41-86(79)100-96)55-98(3)83-51-49-77-74(47-48-76-63-28-16-18-40-85(63)99-95(76)77)91(83)78-46-43-60(54-84(78)98)88-68-31-10-14-35-72(68)90(73-36-15-11-32-69(73)88)65-39-21-25-58-23-5-7-27-62(58)65/h4-54H,55H2,1-3H3. The minimum Gasteiger partial charge on any atom is -0.455 e. The number of hydrogen-bond acceptors (Lipinski definition) is 2. The van der Waals surface area contributed by atoms with Crippen molar-refractivity contribution in [2.24, 2.45) is 0 Å². The molecule has 0 aliphatic heterocycles. The molecule has 2 aliphatic carbocycles. The van der Waals surface area contributed by atoms with Gasteiger partial charge in [0.25, 0.3) is 0 Å². The maximum Gasteiger partial charge on any atom is 0.143 e. The van der Waals surface area contributed by atoms with Crippen LogP contribution in [0.25, 0.3) is 197 Å². The molecule has 0 amide bonds. The zero-order chi connectivity index (χ0) is 65.9. The zero-order valence-electron chi connectivity index (χ0n) is 55.5. The molecular weight excluding hydrogens is 1210 g/mol. The van der Waals surface area contributed by atoms with Gasteiger partial charge in [0.1, 0.15) is 22.3 Å². The van der Waals surface area contributed by atoms with E-state index in [2.05, 4.69) is 330 Å². The lowest BCUT2D eigenvalue weighted by Crippen LogP contribution is -2.24. The lowest BCUT2D eigenvalue weighted by molar-refractivity contribution is 0.584. The molecule has 20 aromatic rings. The van der Waals surface area contributed by atoms with Crippen molar-refractivity contribution < 1.29 is 8.83 Å². The highest BCUT2D eigenvalue weighted by Gasteiger charge is 2.43. The molecule has 0 spiro atoms. The van der Waals surface area contributed by atoms with Crippen molar-refractivity contribution in [3.8, 4) is 66.8 Å². The second kappa shape index (κ2) is 20.4. The van der Waals surface area contributed by atoms with Crippen LogP contribution >= 0.6 is 0 Å².